The van der Waals surface area contributed by atoms with E-state index in [9.17, 15) is 40.2 Å². The fourth-order valence-electron chi connectivity index (χ4n) is 4.79. The number of phenols is 2. The van der Waals surface area contributed by atoms with Gasteiger partial charge in [0, 0.05) is 10.9 Å². The summed E-state index contributed by atoms with van der Waals surface area (Å²) in [4.78, 5) is 23.9. The Bertz CT molecular complexity index is 1220. The van der Waals surface area contributed by atoms with E-state index in [-0.39, 0.29) is 39.6 Å². The fraction of sp³-hybridized carbons (Fsp3) is 0.417. The first kappa shape index (κ1) is 24.7. The molecule has 0 amide bonds. The van der Waals surface area contributed by atoms with E-state index in [1.807, 2.05) is 0 Å². The number of allylic oxidation sites excluding steroid dienone is 1. The molecule has 0 saturated carbocycles. The Morgan fingerprint density at radius 3 is 2.49 bits per heavy atom. The third-order valence-corrected chi connectivity index (χ3v) is 6.60. The average Bonchev–Trinajstić information content (AvgIpc) is 2.83. The molecule has 2 aromatic rings. The maximum atomic E-state index is 12.2. The number of Topliss-reactive ketones (excluding diaryl/α,β-unsaturated/α-hetero) is 1. The van der Waals surface area contributed by atoms with Crippen LogP contribution in [0.4, 0.5) is 0 Å². The first-order chi connectivity index (χ1) is 16.5. The van der Waals surface area contributed by atoms with Crippen molar-refractivity contribution in [3.05, 3.63) is 41.2 Å². The van der Waals surface area contributed by atoms with Gasteiger partial charge in [-0.3, -0.25) is 4.79 Å². The maximum Gasteiger partial charge on any atom is 0.335 e. The summed E-state index contributed by atoms with van der Waals surface area (Å²) in [5.41, 5.74) is -1.90. The number of phenolic OH excluding ortho intramolecular Hbond substituents is 2. The van der Waals surface area contributed by atoms with Gasteiger partial charge in [-0.1, -0.05) is 0 Å². The van der Waals surface area contributed by atoms with E-state index in [0.717, 1.165) is 12.1 Å². The standard InChI is InChI=1S/C24H26O11/c1-10-16(11(2)26)19(28)17-13(18(10)27)7-12(22(31)32)8-14(17)34-23-20(29)21(30)24(15(9-25)35-23)5-3-4-6-33-24/h4,6-8,15,20-21,23,25,27-30H,3,5,9H2,1-2H3,(H,31,32)/t15-,20-,21-,23-,24-/m1/s1. The number of rotatable bonds is 5. The van der Waals surface area contributed by atoms with Crippen molar-refractivity contribution in [3.63, 3.8) is 0 Å². The average molecular weight is 490 g/mol. The first-order valence-electron chi connectivity index (χ1n) is 10.9. The number of aliphatic hydroxyl groups is 3. The maximum absolute atomic E-state index is 12.2. The molecule has 0 bridgehead atoms. The zero-order valence-corrected chi connectivity index (χ0v) is 19.0. The molecule has 6 N–H and O–H groups in total. The normalized spacial score (nSPS) is 28.1. The van der Waals surface area contributed by atoms with E-state index in [0.29, 0.717) is 6.42 Å². The number of aliphatic hydroxyl groups excluding tert-OH is 3. The molecule has 0 unspecified atom stereocenters. The number of carbonyl (C=O) groups excluding carboxylic acids is 1. The molecule has 0 radical (unpaired) electrons. The minimum Gasteiger partial charge on any atom is -0.507 e. The molecule has 11 nitrogen and oxygen atoms in total. The molecule has 0 aliphatic carbocycles. The quantitative estimate of drug-likeness (QED) is 0.263. The number of ketones is 1. The van der Waals surface area contributed by atoms with Gasteiger partial charge in [0.25, 0.3) is 0 Å². The molecule has 2 aromatic carbocycles. The molecule has 1 fully saturated rings. The number of benzene rings is 2. The Morgan fingerprint density at radius 1 is 1.20 bits per heavy atom. The summed E-state index contributed by atoms with van der Waals surface area (Å²) in [6.45, 7) is 1.99. The van der Waals surface area contributed by atoms with Crippen LogP contribution in [0, 0.1) is 6.92 Å². The summed E-state index contributed by atoms with van der Waals surface area (Å²) in [6.07, 6.45) is -2.21. The number of carboxylic acids is 1. The lowest BCUT2D eigenvalue weighted by molar-refractivity contribution is -0.316. The highest BCUT2D eigenvalue weighted by atomic mass is 16.7. The number of ether oxygens (including phenoxy) is 3. The molecule has 2 heterocycles. The Morgan fingerprint density at radius 2 is 1.91 bits per heavy atom. The van der Waals surface area contributed by atoms with Gasteiger partial charge in [0.15, 0.2) is 11.4 Å². The Balaban J connectivity index is 1.84. The van der Waals surface area contributed by atoms with Crippen LogP contribution in [0.2, 0.25) is 0 Å². The van der Waals surface area contributed by atoms with Gasteiger partial charge in [0.1, 0.15) is 35.6 Å². The van der Waals surface area contributed by atoms with Crippen molar-refractivity contribution in [2.45, 2.75) is 56.9 Å². The van der Waals surface area contributed by atoms with Crippen LogP contribution in [0.1, 0.15) is 46.0 Å². The number of hydrogen-bond acceptors (Lipinski definition) is 10. The number of aromatic hydroxyl groups is 2. The predicted octanol–water partition coefficient (Wildman–Crippen LogP) is 1.34. The molecule has 2 aliphatic heterocycles. The van der Waals surface area contributed by atoms with Crippen LogP contribution < -0.4 is 4.74 Å². The van der Waals surface area contributed by atoms with Gasteiger partial charge in [0.05, 0.1) is 29.4 Å². The van der Waals surface area contributed by atoms with E-state index in [4.69, 9.17) is 14.2 Å². The van der Waals surface area contributed by atoms with Crippen LogP contribution in [-0.4, -0.2) is 79.2 Å². The smallest absolute Gasteiger partial charge is 0.335 e. The lowest BCUT2D eigenvalue weighted by atomic mass is 9.79. The number of carboxylic acid groups (broad SMARTS) is 1. The van der Waals surface area contributed by atoms with Crippen LogP contribution in [0.5, 0.6) is 17.2 Å². The zero-order chi connectivity index (χ0) is 25.7. The summed E-state index contributed by atoms with van der Waals surface area (Å²) in [7, 11) is 0. The number of carbonyl (C=O) groups is 2. The minimum atomic E-state index is -1.71. The molecule has 2 aliphatic rings. The summed E-state index contributed by atoms with van der Waals surface area (Å²) >= 11 is 0. The highest BCUT2D eigenvalue weighted by Crippen LogP contribution is 2.46. The first-order valence-corrected chi connectivity index (χ1v) is 10.9. The second-order valence-corrected chi connectivity index (χ2v) is 8.67. The van der Waals surface area contributed by atoms with Gasteiger partial charge in [-0.05, 0) is 44.9 Å². The Labute approximate surface area is 199 Å². The van der Waals surface area contributed by atoms with Crippen molar-refractivity contribution < 1.29 is 54.4 Å². The van der Waals surface area contributed by atoms with Crippen molar-refractivity contribution in [3.8, 4) is 17.2 Å². The molecule has 4 rings (SSSR count). The van der Waals surface area contributed by atoms with Crippen LogP contribution >= 0.6 is 0 Å². The second-order valence-electron chi connectivity index (χ2n) is 8.67. The fourth-order valence-corrected chi connectivity index (χ4v) is 4.79. The lowest BCUT2D eigenvalue weighted by Gasteiger charge is -2.50. The minimum absolute atomic E-state index is 0.0464. The largest absolute Gasteiger partial charge is 0.507 e. The molecule has 188 valence electrons. The molecular weight excluding hydrogens is 464 g/mol. The highest BCUT2D eigenvalue weighted by Gasteiger charge is 2.58. The topological polar surface area (TPSA) is 183 Å². The van der Waals surface area contributed by atoms with Crippen molar-refractivity contribution in [2.24, 2.45) is 0 Å². The van der Waals surface area contributed by atoms with Crippen LogP contribution in [-0.2, 0) is 9.47 Å². The molecule has 1 saturated heterocycles. The molecule has 35 heavy (non-hydrogen) atoms. The molecule has 5 atom stereocenters. The molecule has 0 aromatic heterocycles. The highest BCUT2D eigenvalue weighted by molar-refractivity contribution is 6.11. The summed E-state index contributed by atoms with van der Waals surface area (Å²) in [5, 5.41) is 62.5. The number of fused-ring (bicyclic) bond motifs is 1. The SMILES string of the molecule is CC(=O)c1c(C)c(O)c2cc(C(=O)O)cc(O[C@@H]3O[C@H](CO)[C@]4(CCC=CO4)[C@H](O)[C@H]3O)c2c1O. The van der Waals surface area contributed by atoms with Gasteiger partial charge in [-0.25, -0.2) is 4.79 Å². The van der Waals surface area contributed by atoms with Crippen molar-refractivity contribution in [1.29, 1.82) is 0 Å². The zero-order valence-electron chi connectivity index (χ0n) is 19.0. The monoisotopic (exact) mass is 490 g/mol. The van der Waals surface area contributed by atoms with E-state index >= 15 is 0 Å². The van der Waals surface area contributed by atoms with Gasteiger partial charge in [0.2, 0.25) is 6.29 Å². The van der Waals surface area contributed by atoms with Crippen LogP contribution in [0.25, 0.3) is 10.8 Å². The number of hydrogen-bond donors (Lipinski definition) is 6. The van der Waals surface area contributed by atoms with Crippen molar-refractivity contribution >= 4 is 22.5 Å². The third kappa shape index (κ3) is 3.86. The summed E-state index contributed by atoms with van der Waals surface area (Å²) in [6, 6.07) is 2.14. The molecule has 11 heteroatoms. The second kappa shape index (κ2) is 9.00. The number of aromatic carboxylic acids is 1. The Kier molecular flexibility index (Phi) is 6.36. The lowest BCUT2D eigenvalue weighted by Crippen LogP contribution is -2.68. The van der Waals surface area contributed by atoms with Crippen LogP contribution in [0.15, 0.2) is 24.5 Å². The van der Waals surface area contributed by atoms with E-state index in [1.165, 1.54) is 20.1 Å². The summed E-state index contributed by atoms with van der Waals surface area (Å²) < 4.78 is 17.1. The van der Waals surface area contributed by atoms with Crippen molar-refractivity contribution in [1.82, 2.24) is 0 Å². The summed E-state index contributed by atoms with van der Waals surface area (Å²) in [5.74, 6) is -3.25. The van der Waals surface area contributed by atoms with E-state index in [2.05, 4.69) is 0 Å². The van der Waals surface area contributed by atoms with Crippen molar-refractivity contribution in [2.75, 3.05) is 6.61 Å². The molecule has 1 spiro atoms. The van der Waals surface area contributed by atoms with E-state index in [1.54, 1.807) is 6.08 Å². The van der Waals surface area contributed by atoms with Gasteiger partial charge < -0.3 is 44.8 Å². The van der Waals surface area contributed by atoms with Gasteiger partial charge >= 0.3 is 5.97 Å². The third-order valence-electron chi connectivity index (χ3n) is 6.60. The van der Waals surface area contributed by atoms with Gasteiger partial charge in [-0.15, -0.1) is 0 Å². The molecular formula is C24H26O11. The van der Waals surface area contributed by atoms with E-state index < -0.39 is 60.1 Å². The predicted molar refractivity (Wildman–Crippen MR) is 120 cm³/mol. The van der Waals surface area contributed by atoms with Gasteiger partial charge in [-0.2, -0.15) is 0 Å². The van der Waals surface area contributed by atoms with Crippen LogP contribution in [0.3, 0.4) is 0 Å². The Hall–Kier alpha value is -3.38.